The Morgan fingerprint density at radius 3 is 2.39 bits per heavy atom. The van der Waals surface area contributed by atoms with Gasteiger partial charge in [0.15, 0.2) is 16.0 Å². The second kappa shape index (κ2) is 7.65. The number of anilines is 2. The molecule has 0 unspecified atom stereocenters. The van der Waals surface area contributed by atoms with E-state index >= 15 is 0 Å². The topological polar surface area (TPSA) is 92.1 Å². The summed E-state index contributed by atoms with van der Waals surface area (Å²) >= 11 is 22.6. The third-order valence-corrected chi connectivity index (χ3v) is 3.95. The Bertz CT molecular complexity index is 757. The first-order valence-corrected chi connectivity index (χ1v) is 7.66. The summed E-state index contributed by atoms with van der Waals surface area (Å²) in [6, 6.07) is 9.17. The molecule has 0 spiro atoms. The number of nitrogens with zero attached hydrogens (tertiary/aromatic N) is 1. The molecule has 0 saturated carbocycles. The third-order valence-electron chi connectivity index (χ3n) is 2.61. The van der Waals surface area contributed by atoms with E-state index in [9.17, 15) is 4.79 Å². The average Bonchev–Trinajstić information content (AvgIpc) is 2.55. The Labute approximate surface area is 152 Å². The number of hydrazine groups is 1. The van der Waals surface area contributed by atoms with Crippen LogP contribution in [-0.2, 0) is 0 Å². The molecule has 5 N–H and O–H groups in total. The molecule has 23 heavy (non-hydrogen) atoms. The van der Waals surface area contributed by atoms with Gasteiger partial charge in [0.05, 0.1) is 10.7 Å². The largest absolute Gasteiger partial charge is 0.396 e. The number of nitrogens with one attached hydrogen (secondary N) is 3. The number of hydrogen-bond acceptors (Lipinski definition) is 4. The van der Waals surface area contributed by atoms with Crippen LogP contribution in [0.2, 0.25) is 15.2 Å². The molecular weight excluding hydrogens is 381 g/mol. The first kappa shape index (κ1) is 17.6. The highest BCUT2D eigenvalue weighted by Gasteiger charge is 2.19. The minimum Gasteiger partial charge on any atom is -0.396 e. The second-order valence-electron chi connectivity index (χ2n) is 4.19. The quantitative estimate of drug-likeness (QED) is 0.357. The van der Waals surface area contributed by atoms with Crippen molar-refractivity contribution in [2.24, 2.45) is 0 Å². The number of carbonyl (C=O) groups excluding carboxylic acids is 1. The summed E-state index contributed by atoms with van der Waals surface area (Å²) in [5.74, 6) is -0.669. The van der Waals surface area contributed by atoms with Gasteiger partial charge < -0.3 is 11.1 Å². The van der Waals surface area contributed by atoms with Gasteiger partial charge in [-0.2, -0.15) is 0 Å². The van der Waals surface area contributed by atoms with Crippen molar-refractivity contribution >= 4 is 69.4 Å². The van der Waals surface area contributed by atoms with Gasteiger partial charge in [0.2, 0.25) is 0 Å². The molecule has 120 valence electrons. The van der Waals surface area contributed by atoms with E-state index < -0.39 is 5.91 Å². The van der Waals surface area contributed by atoms with Gasteiger partial charge in [-0.1, -0.05) is 53.0 Å². The molecule has 0 fully saturated rings. The molecule has 1 amide bonds. The number of aromatic nitrogens is 1. The molecule has 10 heteroatoms. The number of halogens is 3. The van der Waals surface area contributed by atoms with Crippen molar-refractivity contribution in [3.05, 3.63) is 51.2 Å². The Kier molecular flexibility index (Phi) is 5.84. The molecule has 1 heterocycles. The smallest absolute Gasteiger partial charge is 0.289 e. The van der Waals surface area contributed by atoms with E-state index in [2.05, 4.69) is 21.2 Å². The summed E-state index contributed by atoms with van der Waals surface area (Å²) in [6.07, 6.45) is 0. The van der Waals surface area contributed by atoms with Crippen LogP contribution in [0.15, 0.2) is 30.3 Å². The monoisotopic (exact) mass is 389 g/mol. The predicted molar refractivity (Wildman–Crippen MR) is 96.9 cm³/mol. The van der Waals surface area contributed by atoms with E-state index in [0.29, 0.717) is 0 Å². The number of pyridine rings is 1. The molecule has 0 saturated heterocycles. The van der Waals surface area contributed by atoms with Gasteiger partial charge in [-0.15, -0.1) is 0 Å². The number of thiocarbonyl (C=S) groups is 1. The van der Waals surface area contributed by atoms with Crippen LogP contribution in [0.1, 0.15) is 10.5 Å². The number of hydrogen-bond donors (Lipinski definition) is 4. The van der Waals surface area contributed by atoms with Gasteiger partial charge in [-0.05, 0) is 24.4 Å². The maximum absolute atomic E-state index is 12.1. The fraction of sp³-hybridized carbons (Fsp3) is 0. The van der Waals surface area contributed by atoms with Crippen molar-refractivity contribution in [1.82, 2.24) is 15.8 Å². The number of nitrogen functional groups attached to an aromatic ring is 1. The molecule has 0 aliphatic rings. The molecule has 6 nitrogen and oxygen atoms in total. The molecule has 2 rings (SSSR count). The summed E-state index contributed by atoms with van der Waals surface area (Å²) in [5.41, 5.74) is 11.1. The van der Waals surface area contributed by atoms with Crippen LogP contribution in [0.25, 0.3) is 0 Å². The highest BCUT2D eigenvalue weighted by molar-refractivity contribution is 7.80. The van der Waals surface area contributed by atoms with Crippen molar-refractivity contribution in [3.8, 4) is 0 Å². The van der Waals surface area contributed by atoms with Crippen LogP contribution in [0.4, 0.5) is 11.4 Å². The molecule has 0 aliphatic carbocycles. The van der Waals surface area contributed by atoms with Gasteiger partial charge in [0, 0.05) is 5.69 Å². The zero-order chi connectivity index (χ0) is 17.0. The maximum atomic E-state index is 12.1. The van der Waals surface area contributed by atoms with E-state index in [-0.39, 0.29) is 31.7 Å². The number of carbonyl (C=O) groups is 1. The van der Waals surface area contributed by atoms with Crippen molar-refractivity contribution < 1.29 is 4.79 Å². The van der Waals surface area contributed by atoms with Gasteiger partial charge in [0.25, 0.3) is 5.91 Å². The second-order valence-corrected chi connectivity index (χ2v) is 5.71. The summed E-state index contributed by atoms with van der Waals surface area (Å²) in [7, 11) is 0. The number of amides is 1. The molecule has 0 aliphatic heterocycles. The van der Waals surface area contributed by atoms with Gasteiger partial charge in [-0.3, -0.25) is 15.6 Å². The molecule has 1 aromatic carbocycles. The number of rotatable bonds is 2. The minimum absolute atomic E-state index is 0.0116. The van der Waals surface area contributed by atoms with Crippen LogP contribution in [-0.4, -0.2) is 16.0 Å². The average molecular weight is 391 g/mol. The van der Waals surface area contributed by atoms with Crippen molar-refractivity contribution in [3.63, 3.8) is 0 Å². The molecule has 1 aromatic heterocycles. The highest BCUT2D eigenvalue weighted by Crippen LogP contribution is 2.34. The lowest BCUT2D eigenvalue weighted by Gasteiger charge is -2.13. The fourth-order valence-electron chi connectivity index (χ4n) is 1.54. The Morgan fingerprint density at radius 2 is 1.74 bits per heavy atom. The summed E-state index contributed by atoms with van der Waals surface area (Å²) in [6.45, 7) is 0. The summed E-state index contributed by atoms with van der Waals surface area (Å²) < 4.78 is 0. The standard InChI is InChI=1S/C13H10Cl3N5OS/c14-7-9(17)8(15)11(16)19-10(7)12(22)20-21-13(23)18-6-4-2-1-3-5-6/h1-5H,(H2,17,19)(H,20,22)(H2,18,21,23). The lowest BCUT2D eigenvalue weighted by molar-refractivity contribution is 0.0939. The Morgan fingerprint density at radius 1 is 1.09 bits per heavy atom. The highest BCUT2D eigenvalue weighted by atomic mass is 35.5. The van der Waals surface area contributed by atoms with Gasteiger partial charge >= 0.3 is 0 Å². The van der Waals surface area contributed by atoms with Crippen LogP contribution < -0.4 is 21.9 Å². The van der Waals surface area contributed by atoms with Gasteiger partial charge in [0.1, 0.15) is 5.02 Å². The van der Waals surface area contributed by atoms with E-state index in [1.54, 1.807) is 0 Å². The zero-order valence-corrected chi connectivity index (χ0v) is 14.4. The number of nitrogens with two attached hydrogens (primary N) is 1. The van der Waals surface area contributed by atoms with Crippen LogP contribution in [0.5, 0.6) is 0 Å². The molecule has 0 radical (unpaired) electrons. The summed E-state index contributed by atoms with van der Waals surface area (Å²) in [4.78, 5) is 15.9. The van der Waals surface area contributed by atoms with Gasteiger partial charge in [-0.25, -0.2) is 4.98 Å². The molecule has 0 atom stereocenters. The molecule has 0 bridgehead atoms. The number of benzene rings is 1. The fourth-order valence-corrected chi connectivity index (χ4v) is 2.30. The first-order valence-electron chi connectivity index (χ1n) is 6.12. The van der Waals surface area contributed by atoms with Crippen LogP contribution in [0, 0.1) is 0 Å². The maximum Gasteiger partial charge on any atom is 0.289 e. The number of para-hydroxylation sites is 1. The predicted octanol–water partition coefficient (Wildman–Crippen LogP) is 3.26. The van der Waals surface area contributed by atoms with E-state index in [1.807, 2.05) is 30.3 Å². The molecular formula is C13H10Cl3N5OS. The van der Waals surface area contributed by atoms with Crippen LogP contribution >= 0.6 is 47.0 Å². The lowest BCUT2D eigenvalue weighted by atomic mass is 10.3. The minimum atomic E-state index is -0.669. The summed E-state index contributed by atoms with van der Waals surface area (Å²) in [5, 5.41) is 2.82. The van der Waals surface area contributed by atoms with E-state index in [0.717, 1.165) is 5.69 Å². The Balaban J connectivity index is 2.01. The third kappa shape index (κ3) is 4.35. The van der Waals surface area contributed by atoms with Crippen LogP contribution in [0.3, 0.4) is 0 Å². The normalized spacial score (nSPS) is 10.0. The van der Waals surface area contributed by atoms with E-state index in [4.69, 9.17) is 52.8 Å². The zero-order valence-electron chi connectivity index (χ0n) is 11.4. The molecule has 2 aromatic rings. The van der Waals surface area contributed by atoms with Crippen molar-refractivity contribution in [2.75, 3.05) is 11.1 Å². The Hall–Kier alpha value is -1.80. The first-order chi connectivity index (χ1) is 10.9. The van der Waals surface area contributed by atoms with Crippen molar-refractivity contribution in [2.45, 2.75) is 0 Å². The van der Waals surface area contributed by atoms with Crippen molar-refractivity contribution in [1.29, 1.82) is 0 Å². The van der Waals surface area contributed by atoms with E-state index in [1.165, 1.54) is 0 Å². The lowest BCUT2D eigenvalue weighted by Crippen LogP contribution is -2.44. The SMILES string of the molecule is Nc1c(Cl)c(Cl)nc(C(=O)NNC(=S)Nc2ccccc2)c1Cl.